The first-order valence-electron chi connectivity index (χ1n) is 10.9. The quantitative estimate of drug-likeness (QED) is 0.619. The van der Waals surface area contributed by atoms with E-state index in [1.54, 1.807) is 12.1 Å². The normalized spacial score (nSPS) is 21.9. The molecule has 1 aliphatic carbocycles. The van der Waals surface area contributed by atoms with Gasteiger partial charge >= 0.3 is 0 Å². The van der Waals surface area contributed by atoms with Crippen molar-refractivity contribution in [2.45, 2.75) is 50.9 Å². The van der Waals surface area contributed by atoms with Crippen molar-refractivity contribution >= 4 is 0 Å². The molecule has 1 heterocycles. The van der Waals surface area contributed by atoms with Crippen LogP contribution in [0.2, 0.25) is 0 Å². The van der Waals surface area contributed by atoms with Crippen molar-refractivity contribution in [3.8, 4) is 5.75 Å². The van der Waals surface area contributed by atoms with E-state index in [4.69, 9.17) is 4.74 Å². The van der Waals surface area contributed by atoms with Crippen molar-refractivity contribution in [2.24, 2.45) is 5.92 Å². The second-order valence-corrected chi connectivity index (χ2v) is 8.69. The summed E-state index contributed by atoms with van der Waals surface area (Å²) in [5, 5.41) is 0. The Balaban J connectivity index is 1.35. The maximum Gasteiger partial charge on any atom is 0.123 e. The molecule has 2 fully saturated rings. The van der Waals surface area contributed by atoms with Gasteiger partial charge in [0, 0.05) is 24.4 Å². The number of aryl methyl sites for hydroxylation is 1. The largest absolute Gasteiger partial charge is 0.493 e. The van der Waals surface area contributed by atoms with E-state index < -0.39 is 0 Å². The van der Waals surface area contributed by atoms with Gasteiger partial charge in [0.05, 0.1) is 6.61 Å². The summed E-state index contributed by atoms with van der Waals surface area (Å²) < 4.78 is 19.0. The lowest BCUT2D eigenvalue weighted by Gasteiger charge is -2.47. The van der Waals surface area contributed by atoms with Crippen molar-refractivity contribution in [3.63, 3.8) is 0 Å². The van der Waals surface area contributed by atoms with Crippen LogP contribution in [0.5, 0.6) is 5.75 Å². The fourth-order valence-corrected chi connectivity index (χ4v) is 4.84. The van der Waals surface area contributed by atoms with Crippen LogP contribution in [0.1, 0.15) is 50.2 Å². The number of halogens is 1. The van der Waals surface area contributed by atoms with Gasteiger partial charge in [-0.2, -0.15) is 0 Å². The second-order valence-electron chi connectivity index (χ2n) is 8.69. The Bertz CT molecular complexity index is 751. The molecule has 1 aliphatic heterocycles. The Kier molecular flexibility index (Phi) is 6.01. The van der Waals surface area contributed by atoms with E-state index in [2.05, 4.69) is 36.1 Å². The Morgan fingerprint density at radius 3 is 2.43 bits per heavy atom. The van der Waals surface area contributed by atoms with E-state index in [1.165, 1.54) is 68.5 Å². The minimum Gasteiger partial charge on any atom is -0.493 e. The molecule has 1 unspecified atom stereocenters. The summed E-state index contributed by atoms with van der Waals surface area (Å²) in [7, 11) is 0. The molecule has 1 saturated heterocycles. The molecule has 0 amide bonds. The van der Waals surface area contributed by atoms with E-state index in [1.807, 2.05) is 0 Å². The maximum atomic E-state index is 13.0. The molecule has 0 spiro atoms. The van der Waals surface area contributed by atoms with Gasteiger partial charge in [-0.05, 0) is 74.0 Å². The van der Waals surface area contributed by atoms with Crippen LogP contribution in [-0.4, -0.2) is 31.1 Å². The van der Waals surface area contributed by atoms with Crippen LogP contribution in [0.15, 0.2) is 48.5 Å². The molecular formula is C25H32FNO. The molecule has 2 aromatic rings. The SMILES string of the molecule is CCc1ccc(C2(CN3CCCC(COc4ccc(F)cc4)C3)CCC2)cc1. The fourth-order valence-electron chi connectivity index (χ4n) is 4.84. The standard InChI is InChI=1S/C25H32FNO/c1-2-20-6-8-22(9-7-20)25(14-4-15-25)19-27-16-3-5-21(17-27)18-28-24-12-10-23(26)11-13-24/h6-13,21H,2-5,14-19H2,1H3. The average Bonchev–Trinajstić information content (AvgIpc) is 2.71. The summed E-state index contributed by atoms with van der Waals surface area (Å²) in [6.45, 7) is 6.42. The van der Waals surface area contributed by atoms with Crippen LogP contribution in [-0.2, 0) is 11.8 Å². The lowest BCUT2D eigenvalue weighted by molar-refractivity contribution is 0.0816. The Labute approximate surface area is 168 Å². The Morgan fingerprint density at radius 2 is 1.79 bits per heavy atom. The van der Waals surface area contributed by atoms with Gasteiger partial charge in [-0.25, -0.2) is 4.39 Å². The first kappa shape index (κ1) is 19.4. The number of rotatable bonds is 7. The third-order valence-corrected chi connectivity index (χ3v) is 6.71. The van der Waals surface area contributed by atoms with Gasteiger partial charge in [0.1, 0.15) is 11.6 Å². The predicted molar refractivity (Wildman–Crippen MR) is 112 cm³/mol. The third kappa shape index (κ3) is 4.41. The topological polar surface area (TPSA) is 12.5 Å². The molecule has 0 aromatic heterocycles. The Morgan fingerprint density at radius 1 is 1.04 bits per heavy atom. The molecule has 2 aromatic carbocycles. The highest BCUT2D eigenvalue weighted by Gasteiger charge is 2.40. The minimum atomic E-state index is -0.214. The van der Waals surface area contributed by atoms with Crippen molar-refractivity contribution in [1.29, 1.82) is 0 Å². The maximum absolute atomic E-state index is 13.0. The van der Waals surface area contributed by atoms with E-state index in [9.17, 15) is 4.39 Å². The summed E-state index contributed by atoms with van der Waals surface area (Å²) >= 11 is 0. The number of hydrogen-bond acceptors (Lipinski definition) is 2. The van der Waals surface area contributed by atoms with Crippen molar-refractivity contribution in [1.82, 2.24) is 4.90 Å². The molecule has 1 saturated carbocycles. The van der Waals surface area contributed by atoms with Crippen LogP contribution in [0.25, 0.3) is 0 Å². The molecule has 28 heavy (non-hydrogen) atoms. The molecule has 0 N–H and O–H groups in total. The first-order valence-corrected chi connectivity index (χ1v) is 10.9. The molecule has 150 valence electrons. The number of piperidine rings is 1. The van der Waals surface area contributed by atoms with Gasteiger partial charge < -0.3 is 9.64 Å². The van der Waals surface area contributed by atoms with Crippen molar-refractivity contribution in [2.75, 3.05) is 26.2 Å². The molecule has 1 atom stereocenters. The van der Waals surface area contributed by atoms with E-state index >= 15 is 0 Å². The van der Waals surface area contributed by atoms with E-state index in [0.717, 1.165) is 25.3 Å². The minimum absolute atomic E-state index is 0.214. The van der Waals surface area contributed by atoms with Gasteiger partial charge in [0.2, 0.25) is 0 Å². The van der Waals surface area contributed by atoms with Gasteiger partial charge in [0.25, 0.3) is 0 Å². The van der Waals surface area contributed by atoms with Crippen molar-refractivity contribution < 1.29 is 9.13 Å². The summed E-state index contributed by atoms with van der Waals surface area (Å²) in [6.07, 6.45) is 7.53. The number of likely N-dealkylation sites (tertiary alicyclic amines) is 1. The molecule has 4 rings (SSSR count). The fraction of sp³-hybridized carbons (Fsp3) is 0.520. The number of ether oxygens (including phenoxy) is 1. The smallest absolute Gasteiger partial charge is 0.123 e. The monoisotopic (exact) mass is 381 g/mol. The van der Waals surface area contributed by atoms with Gasteiger partial charge in [-0.1, -0.05) is 37.6 Å². The van der Waals surface area contributed by atoms with Crippen LogP contribution >= 0.6 is 0 Å². The Hall–Kier alpha value is -1.87. The van der Waals surface area contributed by atoms with Gasteiger partial charge in [0.15, 0.2) is 0 Å². The summed E-state index contributed by atoms with van der Waals surface area (Å²) in [6, 6.07) is 15.7. The van der Waals surface area contributed by atoms with Crippen LogP contribution in [0.3, 0.4) is 0 Å². The molecule has 3 heteroatoms. The van der Waals surface area contributed by atoms with Gasteiger partial charge in [-0.15, -0.1) is 0 Å². The second kappa shape index (κ2) is 8.65. The lowest BCUT2D eigenvalue weighted by Crippen LogP contribution is -2.49. The molecular weight excluding hydrogens is 349 g/mol. The van der Waals surface area contributed by atoms with E-state index in [0.29, 0.717) is 11.3 Å². The first-order chi connectivity index (χ1) is 13.7. The summed E-state index contributed by atoms with van der Waals surface area (Å²) in [5.74, 6) is 1.11. The van der Waals surface area contributed by atoms with Crippen LogP contribution in [0.4, 0.5) is 4.39 Å². The van der Waals surface area contributed by atoms with Crippen LogP contribution in [0, 0.1) is 11.7 Å². The highest BCUT2D eigenvalue weighted by molar-refractivity contribution is 5.32. The predicted octanol–water partition coefficient (Wildman–Crippen LogP) is 5.60. The molecule has 0 bridgehead atoms. The van der Waals surface area contributed by atoms with E-state index in [-0.39, 0.29) is 5.82 Å². The van der Waals surface area contributed by atoms with Crippen LogP contribution < -0.4 is 4.74 Å². The summed E-state index contributed by atoms with van der Waals surface area (Å²) in [4.78, 5) is 2.66. The molecule has 0 radical (unpaired) electrons. The zero-order valence-corrected chi connectivity index (χ0v) is 17.0. The number of benzene rings is 2. The zero-order chi connectivity index (χ0) is 19.4. The van der Waals surface area contributed by atoms with Gasteiger partial charge in [-0.3, -0.25) is 0 Å². The summed E-state index contributed by atoms with van der Waals surface area (Å²) in [5.41, 5.74) is 3.31. The zero-order valence-electron chi connectivity index (χ0n) is 17.0. The van der Waals surface area contributed by atoms with Crippen molar-refractivity contribution in [3.05, 3.63) is 65.5 Å². The highest BCUT2D eigenvalue weighted by Crippen LogP contribution is 2.45. The molecule has 2 aliphatic rings. The number of hydrogen-bond donors (Lipinski definition) is 0. The highest BCUT2D eigenvalue weighted by atomic mass is 19.1. The molecule has 2 nitrogen and oxygen atoms in total. The average molecular weight is 382 g/mol. The third-order valence-electron chi connectivity index (χ3n) is 6.71. The number of nitrogens with zero attached hydrogens (tertiary/aromatic N) is 1. The lowest BCUT2D eigenvalue weighted by atomic mass is 9.64.